The molecular formula is C24H23N3O4. The minimum absolute atomic E-state index is 0.128. The number of H-pyrrole nitrogens is 1. The highest BCUT2D eigenvalue weighted by Crippen LogP contribution is 2.54. The zero-order chi connectivity index (χ0) is 21.6. The first-order chi connectivity index (χ1) is 15.0. The third-order valence-corrected chi connectivity index (χ3v) is 6.67. The van der Waals surface area contributed by atoms with E-state index in [1.54, 1.807) is 24.4 Å². The second-order valence-electron chi connectivity index (χ2n) is 8.20. The van der Waals surface area contributed by atoms with Gasteiger partial charge in [0.2, 0.25) is 0 Å². The van der Waals surface area contributed by atoms with Crippen molar-refractivity contribution in [3.8, 4) is 16.9 Å². The number of nitrogens with one attached hydrogen (secondary N) is 1. The zero-order valence-electron chi connectivity index (χ0n) is 17.2. The number of methoxy groups -OCH3 is 1. The highest BCUT2D eigenvalue weighted by molar-refractivity contribution is 6.02. The lowest BCUT2D eigenvalue weighted by atomic mass is 9.79. The number of rotatable bonds is 5. The van der Waals surface area contributed by atoms with Gasteiger partial charge < -0.3 is 14.7 Å². The summed E-state index contributed by atoms with van der Waals surface area (Å²) in [4.78, 5) is 27.7. The molecule has 1 aliphatic carbocycles. The number of benzene rings is 2. The fourth-order valence-electron chi connectivity index (χ4n) is 5.29. The van der Waals surface area contributed by atoms with Gasteiger partial charge in [-0.1, -0.05) is 24.3 Å². The number of carbonyl (C=O) groups is 2. The first kappa shape index (κ1) is 19.4. The van der Waals surface area contributed by atoms with Crippen molar-refractivity contribution in [2.75, 3.05) is 7.11 Å². The molecule has 7 heteroatoms. The monoisotopic (exact) mass is 417 g/mol. The summed E-state index contributed by atoms with van der Waals surface area (Å²) in [6, 6.07) is 13.3. The van der Waals surface area contributed by atoms with Crippen LogP contribution in [-0.2, 0) is 16.9 Å². The maximum absolute atomic E-state index is 13.7. The van der Waals surface area contributed by atoms with E-state index in [0.717, 1.165) is 28.7 Å². The molecule has 1 aliphatic heterocycles. The number of hydrogen-bond acceptors (Lipinski definition) is 4. The van der Waals surface area contributed by atoms with Gasteiger partial charge in [0.1, 0.15) is 5.75 Å². The number of carboxylic acids is 1. The maximum Gasteiger partial charge on any atom is 0.309 e. The Morgan fingerprint density at radius 3 is 2.90 bits per heavy atom. The largest absolute Gasteiger partial charge is 0.497 e. The van der Waals surface area contributed by atoms with E-state index >= 15 is 0 Å². The predicted octanol–water partition coefficient (Wildman–Crippen LogP) is 3.82. The standard InChI is InChI=1S/C24H23N3O4/c1-31-18-5-2-4-15(10-18)14-27-22(28)19-11-16(17-12-25-26-13-17)7-8-20(19)24(27)9-3-6-21(24)23(29)30/h2,4-5,7-8,10-13,21H,3,6,9,14H2,1H3,(H,25,26)(H,29,30). The molecule has 0 saturated heterocycles. The van der Waals surface area contributed by atoms with Crippen LogP contribution in [-0.4, -0.2) is 39.2 Å². The average Bonchev–Trinajstić information content (AvgIpc) is 3.51. The van der Waals surface area contributed by atoms with E-state index < -0.39 is 17.4 Å². The quantitative estimate of drug-likeness (QED) is 0.658. The minimum Gasteiger partial charge on any atom is -0.497 e. The molecule has 2 atom stereocenters. The lowest BCUT2D eigenvalue weighted by Gasteiger charge is -2.39. The van der Waals surface area contributed by atoms with E-state index in [-0.39, 0.29) is 5.91 Å². The fraction of sp³-hybridized carbons (Fsp3) is 0.292. The van der Waals surface area contributed by atoms with Crippen LogP contribution in [0.2, 0.25) is 0 Å². The summed E-state index contributed by atoms with van der Waals surface area (Å²) in [6.45, 7) is 0.329. The summed E-state index contributed by atoms with van der Waals surface area (Å²) in [5.41, 5.74) is 3.23. The van der Waals surface area contributed by atoms with Crippen molar-refractivity contribution < 1.29 is 19.4 Å². The molecule has 1 saturated carbocycles. The fourth-order valence-corrected chi connectivity index (χ4v) is 5.29. The molecule has 0 bridgehead atoms. The molecule has 31 heavy (non-hydrogen) atoms. The van der Waals surface area contributed by atoms with Crippen LogP contribution in [0.1, 0.15) is 40.7 Å². The van der Waals surface area contributed by atoms with Crippen LogP contribution < -0.4 is 4.74 Å². The number of nitrogens with zero attached hydrogens (tertiary/aromatic N) is 2. The second-order valence-corrected chi connectivity index (χ2v) is 8.20. The van der Waals surface area contributed by atoms with E-state index in [9.17, 15) is 14.7 Å². The summed E-state index contributed by atoms with van der Waals surface area (Å²) >= 11 is 0. The Bertz CT molecular complexity index is 1160. The van der Waals surface area contributed by atoms with E-state index in [1.165, 1.54) is 0 Å². The summed E-state index contributed by atoms with van der Waals surface area (Å²) < 4.78 is 5.33. The highest BCUT2D eigenvalue weighted by atomic mass is 16.5. The second kappa shape index (κ2) is 7.27. The summed E-state index contributed by atoms with van der Waals surface area (Å²) in [6.07, 6.45) is 5.45. The number of aromatic nitrogens is 2. The molecule has 158 valence electrons. The number of carboxylic acid groups (broad SMARTS) is 1. The number of ether oxygens (including phenoxy) is 1. The number of hydrogen-bond donors (Lipinski definition) is 2. The van der Waals surface area contributed by atoms with Gasteiger partial charge in [-0.3, -0.25) is 14.7 Å². The normalized spacial score (nSPS) is 22.2. The van der Waals surface area contributed by atoms with Crippen molar-refractivity contribution in [3.05, 3.63) is 71.5 Å². The Labute approximate surface area is 179 Å². The lowest BCUT2D eigenvalue weighted by molar-refractivity contribution is -0.146. The molecule has 1 fully saturated rings. The third-order valence-electron chi connectivity index (χ3n) is 6.67. The van der Waals surface area contributed by atoms with Gasteiger partial charge in [0.15, 0.2) is 0 Å². The number of carbonyl (C=O) groups excluding carboxylic acids is 1. The summed E-state index contributed by atoms with van der Waals surface area (Å²) in [7, 11) is 1.60. The first-order valence-electron chi connectivity index (χ1n) is 10.4. The van der Waals surface area contributed by atoms with Gasteiger partial charge >= 0.3 is 5.97 Å². The first-order valence-corrected chi connectivity index (χ1v) is 10.4. The van der Waals surface area contributed by atoms with Crippen molar-refractivity contribution in [1.29, 1.82) is 0 Å². The summed E-state index contributed by atoms with van der Waals surface area (Å²) in [5.74, 6) is -0.911. The van der Waals surface area contributed by atoms with Crippen LogP contribution in [0, 0.1) is 5.92 Å². The molecule has 2 N–H and O–H groups in total. The third kappa shape index (κ3) is 2.91. The van der Waals surface area contributed by atoms with Crippen LogP contribution in [0.15, 0.2) is 54.9 Å². The van der Waals surface area contributed by atoms with Crippen LogP contribution in [0.4, 0.5) is 0 Å². The Kier molecular flexibility index (Phi) is 4.54. The van der Waals surface area contributed by atoms with Gasteiger partial charge in [-0.05, 0) is 54.2 Å². The van der Waals surface area contributed by atoms with Crippen LogP contribution in [0.25, 0.3) is 11.1 Å². The Morgan fingerprint density at radius 1 is 1.29 bits per heavy atom. The summed E-state index contributed by atoms with van der Waals surface area (Å²) in [5, 5.41) is 16.8. The molecule has 0 radical (unpaired) electrons. The zero-order valence-corrected chi connectivity index (χ0v) is 17.2. The molecule has 1 spiro atoms. The number of aliphatic carboxylic acids is 1. The lowest BCUT2D eigenvalue weighted by Crippen LogP contribution is -2.48. The Balaban J connectivity index is 1.63. The van der Waals surface area contributed by atoms with Crippen LogP contribution in [0.5, 0.6) is 5.75 Å². The average molecular weight is 417 g/mol. The van der Waals surface area contributed by atoms with E-state index in [0.29, 0.717) is 30.7 Å². The topological polar surface area (TPSA) is 95.5 Å². The van der Waals surface area contributed by atoms with E-state index in [2.05, 4.69) is 10.2 Å². The van der Waals surface area contributed by atoms with E-state index in [1.807, 2.05) is 42.5 Å². The maximum atomic E-state index is 13.7. The van der Waals surface area contributed by atoms with Crippen LogP contribution >= 0.6 is 0 Å². The molecule has 1 amide bonds. The molecule has 1 aromatic heterocycles. The van der Waals surface area contributed by atoms with Gasteiger partial charge in [0, 0.05) is 23.9 Å². The number of fused-ring (bicyclic) bond motifs is 2. The van der Waals surface area contributed by atoms with E-state index in [4.69, 9.17) is 4.74 Å². The number of amides is 1. The smallest absolute Gasteiger partial charge is 0.309 e. The molecular weight excluding hydrogens is 394 g/mol. The predicted molar refractivity (Wildman–Crippen MR) is 114 cm³/mol. The van der Waals surface area contributed by atoms with Gasteiger partial charge in [0.05, 0.1) is 24.8 Å². The molecule has 5 rings (SSSR count). The van der Waals surface area contributed by atoms with Gasteiger partial charge in [-0.2, -0.15) is 5.10 Å². The van der Waals surface area contributed by atoms with Crippen molar-refractivity contribution in [1.82, 2.24) is 15.1 Å². The minimum atomic E-state index is -0.854. The van der Waals surface area contributed by atoms with Crippen molar-refractivity contribution >= 4 is 11.9 Å². The Morgan fingerprint density at radius 2 is 2.16 bits per heavy atom. The van der Waals surface area contributed by atoms with Gasteiger partial charge in [0.25, 0.3) is 5.91 Å². The molecule has 7 nitrogen and oxygen atoms in total. The number of aromatic amines is 1. The Hall–Kier alpha value is -3.61. The molecule has 2 aliphatic rings. The van der Waals surface area contributed by atoms with Crippen molar-refractivity contribution in [2.45, 2.75) is 31.3 Å². The molecule has 3 aromatic rings. The SMILES string of the molecule is COc1cccc(CN2C(=O)c3cc(-c4cn[nH]c4)ccc3C23CCCC3C(=O)O)c1. The van der Waals surface area contributed by atoms with Crippen LogP contribution in [0.3, 0.4) is 0 Å². The van der Waals surface area contributed by atoms with Crippen molar-refractivity contribution in [3.63, 3.8) is 0 Å². The van der Waals surface area contributed by atoms with Crippen molar-refractivity contribution in [2.24, 2.45) is 5.92 Å². The van der Waals surface area contributed by atoms with Gasteiger partial charge in [-0.15, -0.1) is 0 Å². The van der Waals surface area contributed by atoms with Gasteiger partial charge in [-0.25, -0.2) is 0 Å². The molecule has 2 aromatic carbocycles. The highest BCUT2D eigenvalue weighted by Gasteiger charge is 2.58. The molecule has 2 heterocycles. The molecule has 2 unspecified atom stereocenters.